The number of aromatic nitrogens is 1. The molecule has 3 rings (SSSR count). The molecule has 1 saturated heterocycles. The number of pyridine rings is 1. The fourth-order valence-electron chi connectivity index (χ4n) is 3.74. The van der Waals surface area contributed by atoms with Gasteiger partial charge in [0.1, 0.15) is 11.6 Å². The first-order chi connectivity index (χ1) is 13.7. The Hall–Kier alpha value is -2.60. The second-order valence-electron chi connectivity index (χ2n) is 6.95. The number of nitrogens with zero attached hydrogens (tertiary/aromatic N) is 3. The lowest BCUT2D eigenvalue weighted by molar-refractivity contribution is 0.0631. The maximum absolute atomic E-state index is 13.3. The number of piperazine rings is 1. The number of hydrogen-bond acceptors (Lipinski definition) is 5. The lowest BCUT2D eigenvalue weighted by Gasteiger charge is -2.37. The van der Waals surface area contributed by atoms with E-state index in [-0.39, 0.29) is 11.9 Å². The number of para-hydroxylation sites is 1. The van der Waals surface area contributed by atoms with Gasteiger partial charge in [0.25, 0.3) is 5.91 Å². The van der Waals surface area contributed by atoms with Gasteiger partial charge in [-0.2, -0.15) is 0 Å². The minimum Gasteiger partial charge on any atom is -0.496 e. The summed E-state index contributed by atoms with van der Waals surface area (Å²) in [7, 11) is 1.67. The lowest BCUT2D eigenvalue weighted by Crippen LogP contribution is -2.48. The first-order valence-electron chi connectivity index (χ1n) is 10.0. The summed E-state index contributed by atoms with van der Waals surface area (Å²) in [5.74, 6) is 1.73. The summed E-state index contributed by atoms with van der Waals surface area (Å²) in [6.45, 7) is 8.28. The molecule has 1 amide bonds. The van der Waals surface area contributed by atoms with E-state index >= 15 is 0 Å². The van der Waals surface area contributed by atoms with Gasteiger partial charge in [-0.05, 0) is 31.5 Å². The van der Waals surface area contributed by atoms with Gasteiger partial charge in [-0.25, -0.2) is 4.98 Å². The van der Waals surface area contributed by atoms with Gasteiger partial charge in [-0.3, -0.25) is 4.79 Å². The number of anilines is 1. The van der Waals surface area contributed by atoms with E-state index in [4.69, 9.17) is 4.74 Å². The molecule has 6 nitrogen and oxygen atoms in total. The van der Waals surface area contributed by atoms with Crippen LogP contribution in [0, 0.1) is 0 Å². The molecule has 1 aliphatic heterocycles. The van der Waals surface area contributed by atoms with Gasteiger partial charge in [0.15, 0.2) is 0 Å². The topological polar surface area (TPSA) is 57.7 Å². The highest BCUT2D eigenvalue weighted by Crippen LogP contribution is 2.31. The molecule has 150 valence electrons. The second-order valence-corrected chi connectivity index (χ2v) is 6.95. The molecule has 1 unspecified atom stereocenters. The Balaban J connectivity index is 1.83. The van der Waals surface area contributed by atoms with Crippen molar-refractivity contribution in [2.24, 2.45) is 0 Å². The zero-order chi connectivity index (χ0) is 19.9. The lowest BCUT2D eigenvalue weighted by atomic mass is 10.0. The molecule has 0 spiro atoms. The van der Waals surface area contributed by atoms with Crippen LogP contribution in [0.4, 0.5) is 5.82 Å². The predicted octanol–water partition coefficient (Wildman–Crippen LogP) is 3.11. The maximum atomic E-state index is 13.3. The quantitative estimate of drug-likeness (QED) is 0.797. The molecule has 1 atom stereocenters. The fourth-order valence-corrected chi connectivity index (χ4v) is 3.74. The van der Waals surface area contributed by atoms with E-state index in [0.29, 0.717) is 18.7 Å². The molecule has 2 aromatic rings. The van der Waals surface area contributed by atoms with Crippen LogP contribution in [0.15, 0.2) is 42.6 Å². The second kappa shape index (κ2) is 9.55. The van der Waals surface area contributed by atoms with Crippen LogP contribution in [0.3, 0.4) is 0 Å². The third-order valence-electron chi connectivity index (χ3n) is 5.20. The van der Waals surface area contributed by atoms with Crippen molar-refractivity contribution in [1.29, 1.82) is 0 Å². The van der Waals surface area contributed by atoms with E-state index < -0.39 is 0 Å². The molecular formula is C22H30N4O2. The van der Waals surface area contributed by atoms with Crippen molar-refractivity contribution in [3.63, 3.8) is 0 Å². The Bertz CT molecular complexity index is 778. The number of methoxy groups -OCH3 is 1. The number of nitrogens with one attached hydrogen (secondary N) is 1. The van der Waals surface area contributed by atoms with E-state index in [1.165, 1.54) is 0 Å². The highest BCUT2D eigenvalue weighted by Gasteiger charge is 2.30. The average molecular weight is 383 g/mol. The monoisotopic (exact) mass is 382 g/mol. The van der Waals surface area contributed by atoms with Gasteiger partial charge >= 0.3 is 0 Å². The number of ether oxygens (including phenoxy) is 1. The van der Waals surface area contributed by atoms with Gasteiger partial charge in [0, 0.05) is 44.5 Å². The van der Waals surface area contributed by atoms with Crippen molar-refractivity contribution in [1.82, 2.24) is 15.2 Å². The summed E-state index contributed by atoms with van der Waals surface area (Å²) in [5, 5.41) is 3.39. The van der Waals surface area contributed by atoms with Gasteiger partial charge in [0.05, 0.1) is 18.7 Å². The van der Waals surface area contributed by atoms with E-state index in [2.05, 4.69) is 29.0 Å². The van der Waals surface area contributed by atoms with Gasteiger partial charge < -0.3 is 19.9 Å². The number of hydrogen-bond donors (Lipinski definition) is 1. The Morgan fingerprint density at radius 2 is 2.11 bits per heavy atom. The van der Waals surface area contributed by atoms with Gasteiger partial charge in [-0.15, -0.1) is 0 Å². The van der Waals surface area contributed by atoms with Gasteiger partial charge in [0.2, 0.25) is 0 Å². The van der Waals surface area contributed by atoms with E-state index in [9.17, 15) is 4.79 Å². The largest absolute Gasteiger partial charge is 0.496 e. The van der Waals surface area contributed by atoms with E-state index in [0.717, 1.165) is 43.2 Å². The predicted molar refractivity (Wildman–Crippen MR) is 112 cm³/mol. The summed E-state index contributed by atoms with van der Waals surface area (Å²) in [5.41, 5.74) is 1.65. The third kappa shape index (κ3) is 4.28. The van der Waals surface area contributed by atoms with Crippen molar-refractivity contribution < 1.29 is 9.53 Å². The summed E-state index contributed by atoms with van der Waals surface area (Å²) in [4.78, 5) is 22.0. The van der Waals surface area contributed by atoms with Crippen LogP contribution in [-0.2, 0) is 0 Å². The SMILES string of the molecule is CCCN(CC)c1ccc(C(=O)N2CCNCC2c2ccccc2OC)cn1. The number of carbonyl (C=O) groups is 1. The summed E-state index contributed by atoms with van der Waals surface area (Å²) < 4.78 is 5.53. The minimum absolute atomic E-state index is 0.00926. The average Bonchev–Trinajstić information content (AvgIpc) is 2.77. The molecular weight excluding hydrogens is 352 g/mol. The number of benzene rings is 1. The smallest absolute Gasteiger partial charge is 0.256 e. The first kappa shape index (κ1) is 20.1. The van der Waals surface area contributed by atoms with Crippen molar-refractivity contribution in [3.05, 3.63) is 53.7 Å². The molecule has 0 aliphatic carbocycles. The highest BCUT2D eigenvalue weighted by molar-refractivity contribution is 5.94. The Labute approximate surface area is 167 Å². The molecule has 0 radical (unpaired) electrons. The first-order valence-corrected chi connectivity index (χ1v) is 10.0. The molecule has 1 N–H and O–H groups in total. The molecule has 1 aromatic heterocycles. The minimum atomic E-state index is -0.0655. The highest BCUT2D eigenvalue weighted by atomic mass is 16.5. The maximum Gasteiger partial charge on any atom is 0.256 e. The van der Waals surface area contributed by atoms with Crippen molar-refractivity contribution in [2.75, 3.05) is 44.7 Å². The normalized spacial score (nSPS) is 16.7. The van der Waals surface area contributed by atoms with Crippen LogP contribution in [0.2, 0.25) is 0 Å². The molecule has 2 heterocycles. The van der Waals surface area contributed by atoms with Crippen LogP contribution in [0.25, 0.3) is 0 Å². The zero-order valence-corrected chi connectivity index (χ0v) is 17.0. The third-order valence-corrected chi connectivity index (χ3v) is 5.20. The standard InChI is InChI=1S/C22H30N4O2/c1-4-13-25(5-2)21-11-10-17(15-24-21)22(27)26-14-12-23-16-19(26)18-8-6-7-9-20(18)28-3/h6-11,15,19,23H,4-5,12-14,16H2,1-3H3. The summed E-state index contributed by atoms with van der Waals surface area (Å²) in [6, 6.07) is 11.7. The Morgan fingerprint density at radius 3 is 2.79 bits per heavy atom. The Morgan fingerprint density at radius 1 is 1.29 bits per heavy atom. The van der Waals surface area contributed by atoms with E-state index in [1.54, 1.807) is 13.3 Å². The number of rotatable bonds is 7. The molecule has 0 saturated carbocycles. The molecule has 0 bridgehead atoms. The fraction of sp³-hybridized carbons (Fsp3) is 0.455. The summed E-state index contributed by atoms with van der Waals surface area (Å²) in [6.07, 6.45) is 2.77. The van der Waals surface area contributed by atoms with Crippen molar-refractivity contribution in [3.8, 4) is 5.75 Å². The molecule has 1 fully saturated rings. The van der Waals surface area contributed by atoms with Crippen molar-refractivity contribution in [2.45, 2.75) is 26.3 Å². The van der Waals surface area contributed by atoms with Gasteiger partial charge in [-0.1, -0.05) is 25.1 Å². The Kier molecular flexibility index (Phi) is 6.87. The number of carbonyl (C=O) groups excluding carboxylic acids is 1. The van der Waals surface area contributed by atoms with E-state index in [1.807, 2.05) is 41.3 Å². The molecule has 28 heavy (non-hydrogen) atoms. The van der Waals surface area contributed by atoms with Crippen LogP contribution in [0.1, 0.15) is 42.2 Å². The summed E-state index contributed by atoms with van der Waals surface area (Å²) >= 11 is 0. The van der Waals surface area contributed by atoms with Crippen molar-refractivity contribution >= 4 is 11.7 Å². The molecule has 6 heteroatoms. The zero-order valence-electron chi connectivity index (χ0n) is 17.0. The van der Waals surface area contributed by atoms with Crippen LogP contribution in [-0.4, -0.2) is 55.6 Å². The van der Waals surface area contributed by atoms with Crippen LogP contribution in [0.5, 0.6) is 5.75 Å². The van der Waals surface area contributed by atoms with Crippen LogP contribution < -0.4 is 15.0 Å². The molecule has 1 aliphatic rings. The number of amides is 1. The molecule has 1 aromatic carbocycles. The van der Waals surface area contributed by atoms with Crippen LogP contribution >= 0.6 is 0 Å².